The molecule has 6 amide bonds. The van der Waals surface area contributed by atoms with Crippen LogP contribution < -0.4 is 21.3 Å². The summed E-state index contributed by atoms with van der Waals surface area (Å²) in [5.74, 6) is -3.47. The van der Waals surface area contributed by atoms with Gasteiger partial charge in [-0.2, -0.15) is 0 Å². The predicted octanol–water partition coefficient (Wildman–Crippen LogP) is 5.04. The maximum absolute atomic E-state index is 13.6. The molecule has 0 aromatic rings. The first-order chi connectivity index (χ1) is 33.8. The van der Waals surface area contributed by atoms with E-state index in [1.54, 1.807) is 61.5 Å². The number of β-amino-alcohol motifs (C(OH)–C–C–N with tert-alkyl or cyclic N) is 1. The summed E-state index contributed by atoms with van der Waals surface area (Å²) < 4.78 is 21.1. The molecule has 0 unspecified atom stereocenters. The second kappa shape index (κ2) is 27.2. The van der Waals surface area contributed by atoms with E-state index in [1.165, 1.54) is 9.80 Å². The molecule has 2 saturated carbocycles. The molecule has 10 atom stereocenters. The van der Waals surface area contributed by atoms with Crippen LogP contribution in [0.25, 0.3) is 0 Å². The quantitative estimate of drug-likeness (QED) is 0.0512. The van der Waals surface area contributed by atoms with E-state index in [2.05, 4.69) is 34.4 Å². The highest BCUT2D eigenvalue weighted by molar-refractivity contribution is 5.98. The predicted molar refractivity (Wildman–Crippen MR) is 272 cm³/mol. The van der Waals surface area contributed by atoms with Gasteiger partial charge in [-0.25, -0.2) is 19.2 Å². The maximum atomic E-state index is 13.6. The number of ether oxygens (including phenoxy) is 4. The van der Waals surface area contributed by atoms with Gasteiger partial charge in [-0.15, -0.1) is 13.2 Å². The second-order valence-corrected chi connectivity index (χ2v) is 21.4. The molecule has 0 bridgehead atoms. The molecule has 2 saturated heterocycles. The minimum atomic E-state index is -1.21. The molecular weight excluding hydrogens is 945 g/mol. The number of likely N-dealkylation sites (tertiary alicyclic amines) is 1. The summed E-state index contributed by atoms with van der Waals surface area (Å²) in [6.45, 7) is 21.5. The van der Waals surface area contributed by atoms with Gasteiger partial charge < -0.3 is 60.2 Å². The number of rotatable bonds is 16. The van der Waals surface area contributed by atoms with E-state index in [1.807, 2.05) is 18.2 Å². The number of esters is 2. The zero-order valence-corrected chi connectivity index (χ0v) is 43.8. The van der Waals surface area contributed by atoms with Crippen molar-refractivity contribution in [2.75, 3.05) is 26.3 Å². The van der Waals surface area contributed by atoms with E-state index >= 15 is 0 Å². The number of hydrogen-bond donors (Lipinski definition) is 6. The molecule has 5 rings (SSSR count). The lowest BCUT2D eigenvalue weighted by Gasteiger charge is -2.30. The van der Waals surface area contributed by atoms with Crippen LogP contribution in [0, 0.1) is 11.8 Å². The average molecular weight is 1030 g/mol. The number of unbranched alkanes of at least 4 members (excludes halogenated alkanes) is 3. The normalized spacial score (nSPS) is 28.7. The summed E-state index contributed by atoms with van der Waals surface area (Å²) in [7, 11) is 0. The highest BCUT2D eigenvalue weighted by Crippen LogP contribution is 2.47. The highest BCUT2D eigenvalue weighted by Gasteiger charge is 2.63. The van der Waals surface area contributed by atoms with Gasteiger partial charge in [0, 0.05) is 37.8 Å². The first-order valence-corrected chi connectivity index (χ1v) is 25.7. The minimum Gasteiger partial charge on any atom is -0.464 e. The second-order valence-electron chi connectivity index (χ2n) is 21.4. The monoisotopic (exact) mass is 1030 g/mol. The van der Waals surface area contributed by atoms with Crippen LogP contribution in [0.2, 0.25) is 0 Å². The lowest BCUT2D eigenvalue weighted by atomic mass is 10.0. The van der Waals surface area contributed by atoms with Gasteiger partial charge in [0.2, 0.25) is 23.6 Å². The van der Waals surface area contributed by atoms with Crippen molar-refractivity contribution >= 4 is 47.8 Å². The van der Waals surface area contributed by atoms with Crippen LogP contribution in [0.3, 0.4) is 0 Å². The summed E-state index contributed by atoms with van der Waals surface area (Å²) in [6, 6.07) is -3.77. The molecule has 0 aromatic carbocycles. The average Bonchev–Trinajstić information content (AvgIpc) is 4.08. The number of fused-ring (bicyclic) bond motifs is 2. The Balaban J connectivity index is 0.000000380. The smallest absolute Gasteiger partial charge is 0.408 e. The van der Waals surface area contributed by atoms with Crippen LogP contribution in [0.4, 0.5) is 9.59 Å². The number of amides is 6. The summed E-state index contributed by atoms with van der Waals surface area (Å²) in [6.07, 6.45) is 12.3. The molecule has 73 heavy (non-hydrogen) atoms. The topological polar surface area (TPSA) is 269 Å². The zero-order chi connectivity index (χ0) is 53.6. The largest absolute Gasteiger partial charge is 0.464 e. The van der Waals surface area contributed by atoms with Gasteiger partial charge in [0.05, 0.1) is 25.4 Å². The van der Waals surface area contributed by atoms with Crippen molar-refractivity contribution in [1.82, 2.24) is 31.1 Å². The number of nitrogens with zero attached hydrogens (tertiary/aromatic N) is 2. The zero-order valence-electron chi connectivity index (χ0n) is 43.8. The molecule has 3 aliphatic heterocycles. The molecule has 0 spiro atoms. The van der Waals surface area contributed by atoms with Crippen LogP contribution in [0.15, 0.2) is 37.5 Å². The number of allylic oxidation sites excluding steroid dienone is 2. The Kier molecular flexibility index (Phi) is 23.0. The summed E-state index contributed by atoms with van der Waals surface area (Å²) in [5.41, 5.74) is -3.84. The van der Waals surface area contributed by atoms with E-state index in [0.717, 1.165) is 38.5 Å². The van der Waals surface area contributed by atoms with Gasteiger partial charge in [0.1, 0.15) is 46.4 Å². The van der Waals surface area contributed by atoms with Crippen molar-refractivity contribution in [2.45, 2.75) is 211 Å². The minimum absolute atomic E-state index is 0. The number of carbonyl (C=O) groups excluding carboxylic acids is 8. The molecule has 5 aliphatic rings. The number of aliphatic hydroxyl groups excluding tert-OH is 2. The Morgan fingerprint density at radius 1 is 0.863 bits per heavy atom. The third-order valence-corrected chi connectivity index (χ3v) is 13.1. The lowest BCUT2D eigenvalue weighted by Crippen LogP contribution is -2.56. The maximum Gasteiger partial charge on any atom is 0.408 e. The first-order valence-electron chi connectivity index (χ1n) is 25.7. The summed E-state index contributed by atoms with van der Waals surface area (Å²) in [5, 5.41) is 31.6. The van der Waals surface area contributed by atoms with Gasteiger partial charge in [-0.1, -0.05) is 57.4 Å². The number of carbonyl (C=O) groups is 8. The Hall–Kier alpha value is -5.50. The highest BCUT2D eigenvalue weighted by atomic mass is 16.6. The van der Waals surface area contributed by atoms with E-state index < -0.39 is 106 Å². The van der Waals surface area contributed by atoms with Crippen LogP contribution in [0.1, 0.15) is 153 Å². The molecule has 0 aromatic heterocycles. The Labute approximate surface area is 432 Å². The number of nitrogens with one attached hydrogen (secondary N) is 4. The van der Waals surface area contributed by atoms with Gasteiger partial charge in [-0.05, 0) is 107 Å². The molecule has 4 fully saturated rings. The molecule has 20 heteroatoms. The SMILES string of the molecule is C.C=CCCCCC[C@H](NC(=O)OC(C)(C)C)C(=O)N1C[C@H](O)C[C@H]1C(=O)N[C@]1(C(=O)OCC)C[C@H]1C=C.CCOC(=O)[C@@]12C[C@H]1/C=C\CCCCC[C@H](NC(=O)OC(C)(C)C)C(=O)N1C[C@H](O)C[C@H]1C(=O)N2. The van der Waals surface area contributed by atoms with Crippen LogP contribution >= 0.6 is 0 Å². The molecule has 20 nitrogen and oxygen atoms in total. The van der Waals surface area contributed by atoms with E-state index in [4.69, 9.17) is 18.9 Å². The number of alkyl carbamates (subject to hydrolysis) is 2. The van der Waals surface area contributed by atoms with E-state index in [9.17, 15) is 48.6 Å². The fourth-order valence-electron chi connectivity index (χ4n) is 9.37. The fraction of sp³-hybridized carbons (Fsp3) is 0.736. The molecule has 0 radical (unpaired) electrons. The molecule has 3 heterocycles. The Morgan fingerprint density at radius 3 is 2.12 bits per heavy atom. The van der Waals surface area contributed by atoms with Crippen molar-refractivity contribution in [3.63, 3.8) is 0 Å². The first kappa shape index (κ1) is 61.8. The van der Waals surface area contributed by atoms with Crippen LogP contribution in [-0.4, -0.2) is 153 Å². The van der Waals surface area contributed by atoms with Gasteiger partial charge >= 0.3 is 24.1 Å². The van der Waals surface area contributed by atoms with Crippen LogP contribution in [0.5, 0.6) is 0 Å². The van der Waals surface area contributed by atoms with Crippen molar-refractivity contribution in [1.29, 1.82) is 0 Å². The summed E-state index contributed by atoms with van der Waals surface area (Å²) in [4.78, 5) is 107. The molecular formula is C53H86N6O14. The van der Waals surface area contributed by atoms with Crippen molar-refractivity contribution in [3.8, 4) is 0 Å². The third kappa shape index (κ3) is 17.6. The van der Waals surface area contributed by atoms with Crippen molar-refractivity contribution < 1.29 is 67.5 Å². The van der Waals surface area contributed by atoms with E-state index in [0.29, 0.717) is 38.5 Å². The van der Waals surface area contributed by atoms with Crippen molar-refractivity contribution in [3.05, 3.63) is 37.5 Å². The Bertz CT molecular complexity index is 2000. The van der Waals surface area contributed by atoms with Gasteiger partial charge in [0.15, 0.2) is 0 Å². The number of hydrogen-bond acceptors (Lipinski definition) is 14. The number of aliphatic hydroxyl groups is 2. The van der Waals surface area contributed by atoms with Crippen molar-refractivity contribution in [2.24, 2.45) is 11.8 Å². The lowest BCUT2D eigenvalue weighted by molar-refractivity contribution is -0.150. The van der Waals surface area contributed by atoms with Gasteiger partial charge in [0.25, 0.3) is 0 Å². The standard InChI is InChI=1S/C27H43N3O7.C25H39N3O7.CH4/c1-7-10-11-12-13-14-20(28-25(35)37-26(4,5)6)23(33)30-17-19(31)15-21(30)22(32)29-27(16-18(27)8-2)24(34)36-9-3;1-5-34-22(32)25-14-16(25)11-9-7-6-8-10-12-18(26-23(33)35-24(2,3)4)21(31)28-15-17(29)13-19(28)20(30)27-25;/h7-8,18-21,31H,1-2,9-17H2,3-6H3,(H,28,35)(H,29,32);9,11,16-19,29H,5-8,10,12-15H2,1-4H3,(H,26,33)(H,27,30);1H4/b;11-9-;/t18-,19-,20+,21+,27-;16-,17-,18+,19+,25-;/m11./s1. The van der Waals surface area contributed by atoms with Gasteiger partial charge in [-0.3, -0.25) is 19.2 Å². The Morgan fingerprint density at radius 2 is 1.51 bits per heavy atom. The third-order valence-electron chi connectivity index (χ3n) is 13.1. The molecule has 6 N–H and O–H groups in total. The van der Waals surface area contributed by atoms with Crippen LogP contribution in [-0.2, 0) is 47.7 Å². The van der Waals surface area contributed by atoms with E-state index in [-0.39, 0.29) is 58.4 Å². The molecule has 412 valence electrons. The summed E-state index contributed by atoms with van der Waals surface area (Å²) >= 11 is 0. The fourth-order valence-corrected chi connectivity index (χ4v) is 9.37. The molecule has 2 aliphatic carbocycles.